The molecule has 31 heavy (non-hydrogen) atoms. The molecule has 8 heteroatoms. The maximum Gasteiger partial charge on any atom is 0.241 e. The summed E-state index contributed by atoms with van der Waals surface area (Å²) in [5.74, 6) is 0.735. The molecule has 2 aliphatic rings. The van der Waals surface area contributed by atoms with Gasteiger partial charge in [-0.25, -0.2) is 18.1 Å². The SMILES string of the molecule is Cc1ccc(-c2sc(NCC3CCCCC3)nc2C)cc1S(=O)(=O)NC1CCNCC1. The predicted octanol–water partition coefficient (Wildman–Crippen LogP) is 4.45. The molecule has 2 aromatic rings. The highest BCUT2D eigenvalue weighted by Crippen LogP contribution is 2.35. The van der Waals surface area contributed by atoms with E-state index in [4.69, 9.17) is 4.98 Å². The Labute approximate surface area is 190 Å². The fourth-order valence-corrected chi connectivity index (χ4v) is 7.16. The molecule has 0 unspecified atom stereocenters. The third-order valence-electron chi connectivity index (χ3n) is 6.46. The average Bonchev–Trinajstić information content (AvgIpc) is 3.14. The van der Waals surface area contributed by atoms with Gasteiger partial charge in [0.05, 0.1) is 15.5 Å². The second kappa shape index (κ2) is 9.98. The quantitative estimate of drug-likeness (QED) is 0.566. The highest BCUT2D eigenvalue weighted by atomic mass is 32.2. The van der Waals surface area contributed by atoms with Gasteiger partial charge in [0, 0.05) is 12.6 Å². The van der Waals surface area contributed by atoms with Crippen molar-refractivity contribution < 1.29 is 8.42 Å². The number of benzene rings is 1. The van der Waals surface area contributed by atoms with Crippen molar-refractivity contribution in [3.8, 4) is 10.4 Å². The van der Waals surface area contributed by atoms with Crippen LogP contribution in [0.5, 0.6) is 0 Å². The van der Waals surface area contributed by atoms with E-state index in [1.165, 1.54) is 32.1 Å². The van der Waals surface area contributed by atoms with E-state index in [-0.39, 0.29) is 6.04 Å². The molecule has 3 N–H and O–H groups in total. The number of anilines is 1. The van der Waals surface area contributed by atoms with Gasteiger partial charge >= 0.3 is 0 Å². The van der Waals surface area contributed by atoms with Gasteiger partial charge in [-0.1, -0.05) is 42.7 Å². The molecule has 0 bridgehead atoms. The Balaban J connectivity index is 1.51. The Hall–Kier alpha value is -1.48. The molecule has 6 nitrogen and oxygen atoms in total. The van der Waals surface area contributed by atoms with E-state index >= 15 is 0 Å². The number of nitrogens with zero attached hydrogens (tertiary/aromatic N) is 1. The van der Waals surface area contributed by atoms with Crippen LogP contribution < -0.4 is 15.4 Å². The van der Waals surface area contributed by atoms with Crippen molar-refractivity contribution in [3.05, 3.63) is 29.5 Å². The van der Waals surface area contributed by atoms with Gasteiger partial charge in [-0.15, -0.1) is 0 Å². The number of aryl methyl sites for hydroxylation is 2. The maximum absolute atomic E-state index is 13.1. The summed E-state index contributed by atoms with van der Waals surface area (Å²) in [6.45, 7) is 6.53. The van der Waals surface area contributed by atoms with E-state index < -0.39 is 10.0 Å². The summed E-state index contributed by atoms with van der Waals surface area (Å²) >= 11 is 1.62. The Morgan fingerprint density at radius 1 is 1.10 bits per heavy atom. The summed E-state index contributed by atoms with van der Waals surface area (Å²) in [5.41, 5.74) is 2.62. The zero-order chi connectivity index (χ0) is 21.8. The van der Waals surface area contributed by atoms with E-state index in [1.54, 1.807) is 11.3 Å². The van der Waals surface area contributed by atoms with Crippen molar-refractivity contribution in [3.63, 3.8) is 0 Å². The van der Waals surface area contributed by atoms with Gasteiger partial charge in [0.15, 0.2) is 5.13 Å². The Morgan fingerprint density at radius 3 is 2.58 bits per heavy atom. The van der Waals surface area contributed by atoms with Crippen molar-refractivity contribution >= 4 is 26.5 Å². The molecule has 1 saturated carbocycles. The topological polar surface area (TPSA) is 83.1 Å². The van der Waals surface area contributed by atoms with E-state index in [1.807, 2.05) is 32.0 Å². The fourth-order valence-electron chi connectivity index (χ4n) is 4.62. The second-order valence-electron chi connectivity index (χ2n) is 8.94. The fraction of sp³-hybridized carbons (Fsp3) is 0.609. The molecule has 0 spiro atoms. The monoisotopic (exact) mass is 462 g/mol. The van der Waals surface area contributed by atoms with Gasteiger partial charge in [-0.2, -0.15) is 0 Å². The first-order valence-corrected chi connectivity index (χ1v) is 13.8. The number of hydrogen-bond donors (Lipinski definition) is 3. The first-order chi connectivity index (χ1) is 14.9. The molecule has 0 amide bonds. The van der Waals surface area contributed by atoms with Crippen LogP contribution in [-0.4, -0.2) is 39.1 Å². The number of hydrogen-bond acceptors (Lipinski definition) is 6. The standard InChI is InChI=1S/C23H34N4O2S2/c1-16-8-9-19(14-21(16)31(28,29)27-20-10-12-24-13-11-20)22-17(2)26-23(30-22)25-15-18-6-4-3-5-7-18/h8-9,14,18,20,24,27H,3-7,10-13,15H2,1-2H3,(H,25,26). The lowest BCUT2D eigenvalue weighted by molar-refractivity contribution is 0.373. The lowest BCUT2D eigenvalue weighted by atomic mass is 9.89. The number of aromatic nitrogens is 1. The van der Waals surface area contributed by atoms with Gasteiger partial charge in [0.25, 0.3) is 0 Å². The van der Waals surface area contributed by atoms with Crippen LogP contribution in [0.2, 0.25) is 0 Å². The first-order valence-electron chi connectivity index (χ1n) is 11.5. The first kappa shape index (κ1) is 22.7. The van der Waals surface area contributed by atoms with Crippen LogP contribution in [0.25, 0.3) is 10.4 Å². The van der Waals surface area contributed by atoms with Crippen LogP contribution in [0.15, 0.2) is 23.1 Å². The maximum atomic E-state index is 13.1. The van der Waals surface area contributed by atoms with Crippen molar-refractivity contribution in [2.75, 3.05) is 25.0 Å². The molecule has 1 aliphatic heterocycles. The smallest absolute Gasteiger partial charge is 0.241 e. The number of rotatable bonds is 7. The lowest BCUT2D eigenvalue weighted by Gasteiger charge is -2.24. The Morgan fingerprint density at radius 2 is 1.84 bits per heavy atom. The van der Waals surface area contributed by atoms with Gasteiger partial charge < -0.3 is 10.6 Å². The van der Waals surface area contributed by atoms with Crippen molar-refractivity contribution in [1.82, 2.24) is 15.0 Å². The zero-order valence-corrected chi connectivity index (χ0v) is 20.2. The third-order valence-corrected chi connectivity index (χ3v) is 9.29. The Kier molecular flexibility index (Phi) is 7.31. The Bertz CT molecular complexity index is 991. The zero-order valence-electron chi connectivity index (χ0n) is 18.5. The summed E-state index contributed by atoms with van der Waals surface area (Å²) in [7, 11) is -3.56. The molecule has 1 aromatic heterocycles. The predicted molar refractivity (Wildman–Crippen MR) is 128 cm³/mol. The highest BCUT2D eigenvalue weighted by molar-refractivity contribution is 7.89. The van der Waals surface area contributed by atoms with Crippen LogP contribution in [0.1, 0.15) is 56.2 Å². The van der Waals surface area contributed by atoms with Gasteiger partial charge in [0.2, 0.25) is 10.0 Å². The number of thiazole rings is 1. The largest absolute Gasteiger partial charge is 0.361 e. The van der Waals surface area contributed by atoms with Crippen molar-refractivity contribution in [2.45, 2.75) is 69.7 Å². The molecular weight excluding hydrogens is 428 g/mol. The molecule has 2 heterocycles. The molecule has 0 radical (unpaired) electrons. The van der Waals surface area contributed by atoms with Crippen LogP contribution >= 0.6 is 11.3 Å². The minimum Gasteiger partial charge on any atom is -0.361 e. The molecule has 0 atom stereocenters. The van der Waals surface area contributed by atoms with E-state index in [0.717, 1.165) is 65.2 Å². The number of sulfonamides is 1. The van der Waals surface area contributed by atoms with Crippen LogP contribution in [0, 0.1) is 19.8 Å². The highest BCUT2D eigenvalue weighted by Gasteiger charge is 2.24. The van der Waals surface area contributed by atoms with Gasteiger partial charge in [0.1, 0.15) is 0 Å². The summed E-state index contributed by atoms with van der Waals surface area (Å²) in [4.78, 5) is 6.12. The summed E-state index contributed by atoms with van der Waals surface area (Å²) in [6, 6.07) is 5.71. The molecule has 170 valence electrons. The normalized spacial score (nSPS) is 18.9. The van der Waals surface area contributed by atoms with Crippen molar-refractivity contribution in [2.24, 2.45) is 5.92 Å². The van der Waals surface area contributed by atoms with Crippen LogP contribution in [0.3, 0.4) is 0 Å². The van der Waals surface area contributed by atoms with E-state index in [2.05, 4.69) is 15.4 Å². The number of nitrogens with one attached hydrogen (secondary N) is 3. The summed E-state index contributed by atoms with van der Waals surface area (Å²) in [5, 5.41) is 7.73. The molecule has 1 saturated heterocycles. The average molecular weight is 463 g/mol. The number of piperidine rings is 1. The molecule has 2 fully saturated rings. The van der Waals surface area contributed by atoms with Gasteiger partial charge in [-0.3, -0.25) is 0 Å². The molecule has 1 aromatic carbocycles. The molecule has 4 rings (SSSR count). The third kappa shape index (κ3) is 5.66. The van der Waals surface area contributed by atoms with Crippen LogP contribution in [-0.2, 0) is 10.0 Å². The van der Waals surface area contributed by atoms with E-state index in [0.29, 0.717) is 4.90 Å². The van der Waals surface area contributed by atoms with Crippen LogP contribution in [0.4, 0.5) is 5.13 Å². The minimum absolute atomic E-state index is 0.00460. The molecular formula is C23H34N4O2S2. The second-order valence-corrected chi connectivity index (χ2v) is 11.6. The minimum atomic E-state index is -3.56. The lowest BCUT2D eigenvalue weighted by Crippen LogP contribution is -2.42. The van der Waals surface area contributed by atoms with Gasteiger partial charge in [-0.05, 0) is 75.7 Å². The van der Waals surface area contributed by atoms with E-state index in [9.17, 15) is 8.42 Å². The molecule has 1 aliphatic carbocycles. The van der Waals surface area contributed by atoms with Crippen molar-refractivity contribution in [1.29, 1.82) is 0 Å². The summed E-state index contributed by atoms with van der Waals surface area (Å²) < 4.78 is 29.1. The summed E-state index contributed by atoms with van der Waals surface area (Å²) in [6.07, 6.45) is 8.27.